The molecule has 3 rings (SSSR count). The van der Waals surface area contributed by atoms with Crippen molar-refractivity contribution >= 4 is 15.9 Å². The molecule has 1 aromatic carbocycles. The highest BCUT2D eigenvalue weighted by molar-refractivity contribution is 7.89. The number of piperazine rings is 1. The van der Waals surface area contributed by atoms with Gasteiger partial charge in [-0.2, -0.15) is 4.31 Å². The van der Waals surface area contributed by atoms with Crippen molar-refractivity contribution in [3.05, 3.63) is 30.3 Å². The fourth-order valence-corrected chi connectivity index (χ4v) is 5.58. The normalized spacial score (nSPS) is 20.6. The average Bonchev–Trinajstić information content (AvgIpc) is 2.77. The summed E-state index contributed by atoms with van der Waals surface area (Å²) in [5, 5.41) is 3.05. The first-order chi connectivity index (χ1) is 14.0. The van der Waals surface area contributed by atoms with Crippen molar-refractivity contribution in [3.8, 4) is 0 Å². The van der Waals surface area contributed by atoms with Crippen LogP contribution in [-0.4, -0.2) is 87.3 Å². The Labute approximate surface area is 175 Å². The summed E-state index contributed by atoms with van der Waals surface area (Å²) in [4.78, 5) is 17.7. The van der Waals surface area contributed by atoms with Crippen molar-refractivity contribution in [1.29, 1.82) is 0 Å². The molecule has 2 fully saturated rings. The molecule has 0 unspecified atom stereocenters. The van der Waals surface area contributed by atoms with E-state index < -0.39 is 10.0 Å². The molecule has 8 heteroatoms. The summed E-state index contributed by atoms with van der Waals surface area (Å²) in [6, 6.07) is 8.51. The topological polar surface area (TPSA) is 73.0 Å². The molecule has 0 bridgehead atoms. The molecule has 2 saturated heterocycles. The zero-order valence-electron chi connectivity index (χ0n) is 17.4. The van der Waals surface area contributed by atoms with Crippen molar-refractivity contribution < 1.29 is 13.2 Å². The standard InChI is InChI=1S/C21H34N4O3S/c1-2-23-15-17-24(18-16-23)12-6-11-22-21(26)19-9-13-25(14-10-19)29(27,28)20-7-4-3-5-8-20/h3-5,7-8,19H,2,6,9-18H2,1H3,(H,22,26). The zero-order chi connectivity index (χ0) is 20.7. The van der Waals surface area contributed by atoms with Crippen LogP contribution in [0.3, 0.4) is 0 Å². The minimum atomic E-state index is -3.46. The summed E-state index contributed by atoms with van der Waals surface area (Å²) in [6.45, 7) is 10.3. The number of carbonyl (C=O) groups excluding carboxylic acids is 1. The zero-order valence-corrected chi connectivity index (χ0v) is 18.2. The van der Waals surface area contributed by atoms with Gasteiger partial charge in [0.2, 0.25) is 15.9 Å². The first kappa shape index (κ1) is 22.2. The summed E-state index contributed by atoms with van der Waals surface area (Å²) in [5.74, 6) is -0.0251. The number of likely N-dealkylation sites (N-methyl/N-ethyl adjacent to an activating group) is 1. The summed E-state index contributed by atoms with van der Waals surface area (Å²) in [6.07, 6.45) is 2.12. The van der Waals surface area contributed by atoms with Gasteiger partial charge in [0, 0.05) is 51.7 Å². The fourth-order valence-electron chi connectivity index (χ4n) is 4.09. The lowest BCUT2D eigenvalue weighted by Crippen LogP contribution is -2.47. The molecule has 2 heterocycles. The third-order valence-corrected chi connectivity index (χ3v) is 7.98. The van der Waals surface area contributed by atoms with Crippen LogP contribution < -0.4 is 5.32 Å². The molecule has 0 aliphatic carbocycles. The summed E-state index contributed by atoms with van der Waals surface area (Å²) in [5.41, 5.74) is 0. The van der Waals surface area contributed by atoms with Crippen LogP contribution in [0.25, 0.3) is 0 Å². The molecule has 0 spiro atoms. The Balaban J connectivity index is 1.35. The van der Waals surface area contributed by atoms with E-state index in [0.29, 0.717) is 37.4 Å². The third kappa shape index (κ3) is 6.01. The molecule has 2 aliphatic heterocycles. The number of hydrogen-bond acceptors (Lipinski definition) is 5. The molecule has 162 valence electrons. The van der Waals surface area contributed by atoms with Gasteiger partial charge in [0.05, 0.1) is 4.90 Å². The van der Waals surface area contributed by atoms with Crippen molar-refractivity contribution in [2.24, 2.45) is 5.92 Å². The first-order valence-electron chi connectivity index (χ1n) is 10.8. The number of carbonyl (C=O) groups is 1. The molecule has 7 nitrogen and oxygen atoms in total. The number of benzene rings is 1. The van der Waals surface area contributed by atoms with Crippen molar-refractivity contribution in [3.63, 3.8) is 0 Å². The SMILES string of the molecule is CCN1CCN(CCCNC(=O)C2CCN(S(=O)(=O)c3ccccc3)CC2)CC1. The van der Waals surface area contributed by atoms with Gasteiger partial charge in [-0.1, -0.05) is 25.1 Å². The summed E-state index contributed by atoms with van der Waals surface area (Å²) in [7, 11) is -3.46. The van der Waals surface area contributed by atoms with Crippen LogP contribution in [0.15, 0.2) is 35.2 Å². The van der Waals surface area contributed by atoms with E-state index in [0.717, 1.165) is 45.7 Å². The number of piperidine rings is 1. The number of nitrogens with one attached hydrogen (secondary N) is 1. The maximum Gasteiger partial charge on any atom is 0.243 e. The van der Waals surface area contributed by atoms with Crippen LogP contribution in [0.2, 0.25) is 0 Å². The molecule has 29 heavy (non-hydrogen) atoms. The van der Waals surface area contributed by atoms with Crippen LogP contribution in [0.5, 0.6) is 0 Å². The number of hydrogen-bond donors (Lipinski definition) is 1. The molecule has 0 atom stereocenters. The molecule has 1 N–H and O–H groups in total. The number of amides is 1. The predicted molar refractivity (Wildman–Crippen MR) is 114 cm³/mol. The molecule has 1 aromatic rings. The minimum Gasteiger partial charge on any atom is -0.356 e. The Morgan fingerprint density at radius 2 is 1.62 bits per heavy atom. The van der Waals surface area contributed by atoms with Crippen molar-refractivity contribution in [1.82, 2.24) is 19.4 Å². The van der Waals surface area contributed by atoms with E-state index in [4.69, 9.17) is 0 Å². The molecular formula is C21H34N4O3S. The van der Waals surface area contributed by atoms with E-state index in [1.807, 2.05) is 0 Å². The quantitative estimate of drug-likeness (QED) is 0.638. The van der Waals surface area contributed by atoms with Gasteiger partial charge in [0.15, 0.2) is 0 Å². The highest BCUT2D eigenvalue weighted by Crippen LogP contribution is 2.23. The van der Waals surface area contributed by atoms with E-state index in [1.165, 1.54) is 4.31 Å². The molecule has 0 aromatic heterocycles. The van der Waals surface area contributed by atoms with Gasteiger partial charge in [-0.25, -0.2) is 8.42 Å². The molecule has 2 aliphatic rings. The van der Waals surface area contributed by atoms with Gasteiger partial charge in [0.1, 0.15) is 0 Å². The van der Waals surface area contributed by atoms with Crippen molar-refractivity contribution in [2.45, 2.75) is 31.1 Å². The Morgan fingerprint density at radius 1 is 1.00 bits per heavy atom. The molecule has 0 radical (unpaired) electrons. The van der Waals surface area contributed by atoms with Gasteiger partial charge in [-0.3, -0.25) is 4.79 Å². The lowest BCUT2D eigenvalue weighted by atomic mass is 9.97. The predicted octanol–water partition coefficient (Wildman–Crippen LogP) is 1.23. The van der Waals surface area contributed by atoms with Crippen LogP contribution in [0, 0.1) is 5.92 Å². The lowest BCUT2D eigenvalue weighted by Gasteiger charge is -2.34. The number of nitrogens with zero attached hydrogens (tertiary/aromatic N) is 3. The fraction of sp³-hybridized carbons (Fsp3) is 0.667. The monoisotopic (exact) mass is 422 g/mol. The third-order valence-electron chi connectivity index (χ3n) is 6.07. The Morgan fingerprint density at radius 3 is 2.24 bits per heavy atom. The smallest absolute Gasteiger partial charge is 0.243 e. The molecule has 1 amide bonds. The number of rotatable bonds is 8. The van der Waals surface area contributed by atoms with Crippen LogP contribution >= 0.6 is 0 Å². The number of sulfonamides is 1. The maximum absolute atomic E-state index is 12.7. The second-order valence-corrected chi connectivity index (χ2v) is 9.85. The van der Waals surface area contributed by atoms with Crippen LogP contribution in [0.4, 0.5) is 0 Å². The van der Waals surface area contributed by atoms with E-state index in [-0.39, 0.29) is 11.8 Å². The second-order valence-electron chi connectivity index (χ2n) is 7.91. The Bertz CT molecular complexity index is 740. The van der Waals surface area contributed by atoms with Gasteiger partial charge in [-0.05, 0) is 44.5 Å². The minimum absolute atomic E-state index is 0.0672. The highest BCUT2D eigenvalue weighted by Gasteiger charge is 2.31. The summed E-state index contributed by atoms with van der Waals surface area (Å²) >= 11 is 0. The average molecular weight is 423 g/mol. The van der Waals surface area contributed by atoms with Gasteiger partial charge < -0.3 is 15.1 Å². The Hall–Kier alpha value is -1.48. The lowest BCUT2D eigenvalue weighted by molar-refractivity contribution is -0.126. The second kappa shape index (κ2) is 10.5. The van der Waals surface area contributed by atoms with E-state index in [2.05, 4.69) is 22.0 Å². The largest absolute Gasteiger partial charge is 0.356 e. The van der Waals surface area contributed by atoms with Gasteiger partial charge in [0.25, 0.3) is 0 Å². The Kier molecular flexibility index (Phi) is 8.06. The van der Waals surface area contributed by atoms with Crippen LogP contribution in [0.1, 0.15) is 26.2 Å². The van der Waals surface area contributed by atoms with E-state index >= 15 is 0 Å². The van der Waals surface area contributed by atoms with Crippen LogP contribution in [-0.2, 0) is 14.8 Å². The maximum atomic E-state index is 12.7. The molecular weight excluding hydrogens is 388 g/mol. The van der Waals surface area contributed by atoms with Crippen molar-refractivity contribution in [2.75, 3.05) is 58.9 Å². The van der Waals surface area contributed by atoms with E-state index in [1.54, 1.807) is 30.3 Å². The highest BCUT2D eigenvalue weighted by atomic mass is 32.2. The summed E-state index contributed by atoms with van der Waals surface area (Å²) < 4.78 is 26.9. The van der Waals surface area contributed by atoms with Gasteiger partial charge >= 0.3 is 0 Å². The van der Waals surface area contributed by atoms with Gasteiger partial charge in [-0.15, -0.1) is 0 Å². The molecule has 0 saturated carbocycles. The van der Waals surface area contributed by atoms with E-state index in [9.17, 15) is 13.2 Å². The first-order valence-corrected chi connectivity index (χ1v) is 12.2.